The van der Waals surface area contributed by atoms with Crippen molar-refractivity contribution in [3.8, 4) is 0 Å². The van der Waals surface area contributed by atoms with Crippen LogP contribution < -0.4 is 0 Å². The molecule has 0 saturated carbocycles. The van der Waals surface area contributed by atoms with Gasteiger partial charge >= 0.3 is 0 Å². The summed E-state index contributed by atoms with van der Waals surface area (Å²) >= 11 is 0. The Bertz CT molecular complexity index is 400. The molecule has 0 amide bonds. The predicted molar refractivity (Wildman–Crippen MR) is 87.3 cm³/mol. The minimum absolute atomic E-state index is 0.758. The third-order valence-electron chi connectivity index (χ3n) is 2.50. The zero-order chi connectivity index (χ0) is 15.3. The highest BCUT2D eigenvalue weighted by Gasteiger charge is 2.00. The van der Waals surface area contributed by atoms with E-state index in [0.717, 1.165) is 29.4 Å². The van der Waals surface area contributed by atoms with Crippen LogP contribution in [0.15, 0.2) is 42.5 Å². The van der Waals surface area contributed by atoms with Crippen LogP contribution in [-0.4, -0.2) is 6.29 Å². The van der Waals surface area contributed by atoms with Crippen molar-refractivity contribution in [3.63, 3.8) is 0 Å². The second kappa shape index (κ2) is 12.8. The molecule has 0 atom stereocenters. The van der Waals surface area contributed by atoms with E-state index in [-0.39, 0.29) is 0 Å². The highest BCUT2D eigenvalue weighted by molar-refractivity contribution is 6.07. The largest absolute Gasteiger partial charge is 0.298 e. The summed E-state index contributed by atoms with van der Waals surface area (Å²) in [6, 6.07) is 7.87. The molecular formula is C18H28O. The van der Waals surface area contributed by atoms with Gasteiger partial charge in [0.15, 0.2) is 0 Å². The predicted octanol–water partition coefficient (Wildman–Crippen LogP) is 5.60. The van der Waals surface area contributed by atoms with Crippen LogP contribution in [0.1, 0.15) is 52.2 Å². The number of hydrogen-bond donors (Lipinski definition) is 0. The van der Waals surface area contributed by atoms with Crippen LogP contribution in [0, 0.1) is 6.92 Å². The molecule has 1 rings (SSSR count). The summed E-state index contributed by atoms with van der Waals surface area (Å²) in [5.41, 5.74) is 4.17. The van der Waals surface area contributed by atoms with Gasteiger partial charge in [-0.05, 0) is 38.3 Å². The molecule has 0 aromatic heterocycles. The monoisotopic (exact) mass is 260 g/mol. The molecule has 0 fully saturated rings. The van der Waals surface area contributed by atoms with Crippen LogP contribution in [0.2, 0.25) is 0 Å². The van der Waals surface area contributed by atoms with Gasteiger partial charge in [0.05, 0.1) is 0 Å². The molecule has 1 nitrogen and oxygen atoms in total. The Labute approximate surface area is 119 Å². The fourth-order valence-electron chi connectivity index (χ4n) is 1.18. The molecule has 0 heterocycles. The molecule has 0 N–H and O–H groups in total. The fourth-order valence-corrected chi connectivity index (χ4v) is 1.18. The van der Waals surface area contributed by atoms with E-state index in [0.29, 0.717) is 0 Å². The van der Waals surface area contributed by atoms with Crippen LogP contribution in [0.25, 0.3) is 5.57 Å². The van der Waals surface area contributed by atoms with E-state index in [4.69, 9.17) is 0 Å². The van der Waals surface area contributed by atoms with Gasteiger partial charge in [-0.15, -0.1) is 6.58 Å². The van der Waals surface area contributed by atoms with Gasteiger partial charge < -0.3 is 0 Å². The first-order chi connectivity index (χ1) is 9.06. The first kappa shape index (κ1) is 19.7. The van der Waals surface area contributed by atoms with Gasteiger partial charge in [0, 0.05) is 5.57 Å². The smallest absolute Gasteiger partial charge is 0.150 e. The minimum atomic E-state index is 0.758. The van der Waals surface area contributed by atoms with Gasteiger partial charge in [-0.3, -0.25) is 4.79 Å². The topological polar surface area (TPSA) is 17.1 Å². The lowest BCUT2D eigenvalue weighted by molar-refractivity contribution is -0.103. The minimum Gasteiger partial charge on any atom is -0.298 e. The van der Waals surface area contributed by atoms with Gasteiger partial charge in [-0.1, -0.05) is 56.7 Å². The van der Waals surface area contributed by atoms with E-state index >= 15 is 0 Å². The average Bonchev–Trinajstić information content (AvgIpc) is 2.45. The summed E-state index contributed by atoms with van der Waals surface area (Å²) in [6.07, 6.45) is 3.83. The number of rotatable bonds is 3. The summed E-state index contributed by atoms with van der Waals surface area (Å²) in [4.78, 5) is 10.6. The molecule has 106 valence electrons. The van der Waals surface area contributed by atoms with Crippen LogP contribution in [-0.2, 0) is 4.79 Å². The molecule has 1 aromatic rings. The normalized spacial score (nSPS) is 9.47. The highest BCUT2D eigenvalue weighted by atomic mass is 16.1. The molecule has 19 heavy (non-hydrogen) atoms. The van der Waals surface area contributed by atoms with Gasteiger partial charge in [0.1, 0.15) is 6.29 Å². The summed E-state index contributed by atoms with van der Waals surface area (Å²) in [7, 11) is 0. The maximum absolute atomic E-state index is 10.6. The molecule has 0 aliphatic rings. The second-order valence-corrected chi connectivity index (χ2v) is 3.99. The molecule has 0 unspecified atom stereocenters. The Morgan fingerprint density at radius 1 is 1.26 bits per heavy atom. The van der Waals surface area contributed by atoms with Crippen LogP contribution >= 0.6 is 0 Å². The maximum atomic E-state index is 10.6. The van der Waals surface area contributed by atoms with E-state index < -0.39 is 0 Å². The van der Waals surface area contributed by atoms with Crippen LogP contribution in [0.3, 0.4) is 0 Å². The van der Waals surface area contributed by atoms with E-state index in [1.165, 1.54) is 5.57 Å². The Balaban J connectivity index is 0. The van der Waals surface area contributed by atoms with E-state index in [9.17, 15) is 4.79 Å². The van der Waals surface area contributed by atoms with Crippen molar-refractivity contribution in [1.29, 1.82) is 0 Å². The summed E-state index contributed by atoms with van der Waals surface area (Å²) in [5, 5.41) is 0. The van der Waals surface area contributed by atoms with Gasteiger partial charge in [-0.2, -0.15) is 0 Å². The van der Waals surface area contributed by atoms with Crippen molar-refractivity contribution in [3.05, 3.63) is 53.6 Å². The van der Waals surface area contributed by atoms with Crippen molar-refractivity contribution in [2.24, 2.45) is 0 Å². The van der Waals surface area contributed by atoms with Crippen molar-refractivity contribution >= 4 is 11.9 Å². The molecule has 0 aliphatic heterocycles. The van der Waals surface area contributed by atoms with Crippen molar-refractivity contribution in [2.75, 3.05) is 0 Å². The van der Waals surface area contributed by atoms with Gasteiger partial charge in [0.2, 0.25) is 0 Å². The first-order valence-corrected chi connectivity index (χ1v) is 6.88. The van der Waals surface area contributed by atoms with Crippen LogP contribution in [0.4, 0.5) is 0 Å². The Hall–Kier alpha value is -1.63. The number of carbonyl (C=O) groups is 1. The molecule has 0 aliphatic carbocycles. The SMILES string of the molecule is C/C=C(/C=O)c1ccccc1C.C=C(C)CC.CC. The van der Waals surface area contributed by atoms with E-state index in [1.54, 1.807) is 0 Å². The number of hydrogen-bond acceptors (Lipinski definition) is 1. The lowest BCUT2D eigenvalue weighted by atomic mass is 10.0. The first-order valence-electron chi connectivity index (χ1n) is 6.88. The number of benzene rings is 1. The Kier molecular flexibility index (Phi) is 13.3. The van der Waals surface area contributed by atoms with Crippen LogP contribution in [0.5, 0.6) is 0 Å². The van der Waals surface area contributed by atoms with Crippen molar-refractivity contribution in [1.82, 2.24) is 0 Å². The number of aldehydes is 1. The number of allylic oxidation sites excluding steroid dienone is 3. The highest BCUT2D eigenvalue weighted by Crippen LogP contribution is 2.15. The fraction of sp³-hybridized carbons (Fsp3) is 0.389. The van der Waals surface area contributed by atoms with E-state index in [1.807, 2.05) is 65.0 Å². The number of aryl methyl sites for hydroxylation is 1. The molecule has 1 aromatic carbocycles. The van der Waals surface area contributed by atoms with Gasteiger partial charge in [-0.25, -0.2) is 0 Å². The average molecular weight is 260 g/mol. The van der Waals surface area contributed by atoms with Crippen molar-refractivity contribution in [2.45, 2.75) is 48.0 Å². The zero-order valence-corrected chi connectivity index (χ0v) is 13.3. The van der Waals surface area contributed by atoms with E-state index in [2.05, 4.69) is 13.5 Å². The molecule has 0 spiro atoms. The summed E-state index contributed by atoms with van der Waals surface area (Å²) < 4.78 is 0. The molecule has 0 radical (unpaired) electrons. The maximum Gasteiger partial charge on any atom is 0.150 e. The second-order valence-electron chi connectivity index (χ2n) is 3.99. The molecular weight excluding hydrogens is 232 g/mol. The molecule has 0 saturated heterocycles. The third-order valence-corrected chi connectivity index (χ3v) is 2.50. The molecule has 0 bridgehead atoms. The standard InChI is InChI=1S/C11H12O.C5H10.C2H6/c1-3-10(8-12)11-7-5-4-6-9(11)2;1-4-5(2)3;1-2/h3-8H,1-2H3;2,4H2,1,3H3;1-2H3/b10-3-;;. The molecule has 1 heteroatoms. The zero-order valence-electron chi connectivity index (χ0n) is 13.3. The third kappa shape index (κ3) is 9.01. The summed E-state index contributed by atoms with van der Waals surface area (Å²) in [6.45, 7) is 15.7. The van der Waals surface area contributed by atoms with Crippen molar-refractivity contribution < 1.29 is 4.79 Å². The Morgan fingerprint density at radius 3 is 2.05 bits per heavy atom. The number of carbonyl (C=O) groups excluding carboxylic acids is 1. The lowest BCUT2D eigenvalue weighted by Gasteiger charge is -2.02. The summed E-state index contributed by atoms with van der Waals surface area (Å²) in [5.74, 6) is 0. The lowest BCUT2D eigenvalue weighted by Crippen LogP contribution is -1.88. The quantitative estimate of drug-likeness (QED) is 0.393. The van der Waals surface area contributed by atoms with Gasteiger partial charge in [0.25, 0.3) is 0 Å². The Morgan fingerprint density at radius 2 is 1.74 bits per heavy atom.